The van der Waals surface area contributed by atoms with Crippen molar-refractivity contribution in [1.29, 1.82) is 0 Å². The Balaban J connectivity index is 2.52. The Bertz CT molecular complexity index is 449. The molecule has 0 aliphatic heterocycles. The minimum absolute atomic E-state index is 0.404. The molecule has 0 atom stereocenters. The summed E-state index contributed by atoms with van der Waals surface area (Å²) in [7, 11) is 0. The molecule has 0 amide bonds. The highest BCUT2D eigenvalue weighted by atomic mass is 35.5. The van der Waals surface area contributed by atoms with Gasteiger partial charge >= 0.3 is 0 Å². The van der Waals surface area contributed by atoms with Crippen molar-refractivity contribution in [3.05, 3.63) is 17.2 Å². The van der Waals surface area contributed by atoms with Gasteiger partial charge in [-0.3, -0.25) is 5.10 Å². The van der Waals surface area contributed by atoms with Gasteiger partial charge in [-0.2, -0.15) is 5.10 Å². The van der Waals surface area contributed by atoms with Crippen LogP contribution in [0.2, 0.25) is 5.15 Å². The van der Waals surface area contributed by atoms with E-state index in [4.69, 9.17) is 11.6 Å². The van der Waals surface area contributed by atoms with Crippen LogP contribution in [-0.2, 0) is 6.42 Å². The molecule has 2 rings (SSSR count). The third-order valence-electron chi connectivity index (χ3n) is 1.98. The first kappa shape index (κ1) is 9.40. The van der Waals surface area contributed by atoms with Crippen molar-refractivity contribution in [2.24, 2.45) is 5.92 Å². The molecule has 0 unspecified atom stereocenters. The number of hydrogen-bond donors (Lipinski definition) is 1. The summed E-state index contributed by atoms with van der Waals surface area (Å²) in [6.07, 6.45) is 2.38. The zero-order valence-electron chi connectivity index (χ0n) is 8.08. The molecule has 0 saturated heterocycles. The molecule has 4 nitrogen and oxygen atoms in total. The van der Waals surface area contributed by atoms with Gasteiger partial charge in [-0.05, 0) is 12.3 Å². The predicted molar refractivity (Wildman–Crippen MR) is 55.2 cm³/mol. The zero-order chi connectivity index (χ0) is 10.1. The lowest BCUT2D eigenvalue weighted by molar-refractivity contribution is 0.635. The van der Waals surface area contributed by atoms with Gasteiger partial charge in [0.05, 0.1) is 5.69 Å². The highest BCUT2D eigenvalue weighted by molar-refractivity contribution is 6.33. The van der Waals surface area contributed by atoms with Crippen molar-refractivity contribution in [2.45, 2.75) is 20.3 Å². The molecule has 5 heteroatoms. The number of rotatable bonds is 2. The molecule has 0 bridgehead atoms. The SMILES string of the molecule is CC(C)Cc1[nH]nc2c(Cl)ncnc12. The van der Waals surface area contributed by atoms with E-state index in [0.717, 1.165) is 17.6 Å². The highest BCUT2D eigenvalue weighted by Gasteiger charge is 2.10. The maximum absolute atomic E-state index is 5.87. The Morgan fingerprint density at radius 3 is 2.86 bits per heavy atom. The third kappa shape index (κ3) is 1.57. The van der Waals surface area contributed by atoms with Crippen molar-refractivity contribution < 1.29 is 0 Å². The molecule has 0 aliphatic rings. The summed E-state index contributed by atoms with van der Waals surface area (Å²) in [5, 5.41) is 7.44. The second-order valence-electron chi connectivity index (χ2n) is 3.66. The van der Waals surface area contributed by atoms with Gasteiger partial charge in [-0.15, -0.1) is 0 Å². The van der Waals surface area contributed by atoms with Crippen LogP contribution in [0, 0.1) is 5.92 Å². The molecule has 74 valence electrons. The lowest BCUT2D eigenvalue weighted by Crippen LogP contribution is -1.95. The summed E-state index contributed by atoms with van der Waals surface area (Å²) >= 11 is 5.87. The van der Waals surface area contributed by atoms with Gasteiger partial charge in [0.15, 0.2) is 5.15 Å². The van der Waals surface area contributed by atoms with E-state index in [1.54, 1.807) is 0 Å². The van der Waals surface area contributed by atoms with Crippen molar-refractivity contribution >= 4 is 22.6 Å². The minimum atomic E-state index is 0.404. The minimum Gasteiger partial charge on any atom is -0.280 e. The third-order valence-corrected chi connectivity index (χ3v) is 2.26. The van der Waals surface area contributed by atoms with Crippen molar-refractivity contribution in [3.8, 4) is 0 Å². The van der Waals surface area contributed by atoms with Crippen LogP contribution in [0.3, 0.4) is 0 Å². The van der Waals surface area contributed by atoms with Gasteiger partial charge in [-0.25, -0.2) is 9.97 Å². The molecule has 0 spiro atoms. The quantitative estimate of drug-likeness (QED) is 0.774. The van der Waals surface area contributed by atoms with Crippen molar-refractivity contribution in [1.82, 2.24) is 20.2 Å². The zero-order valence-corrected chi connectivity index (χ0v) is 8.84. The van der Waals surface area contributed by atoms with Gasteiger partial charge in [0.25, 0.3) is 0 Å². The Morgan fingerprint density at radius 2 is 2.14 bits per heavy atom. The number of H-pyrrole nitrogens is 1. The molecular weight excluding hydrogens is 200 g/mol. The van der Waals surface area contributed by atoms with Crippen LogP contribution >= 0.6 is 11.6 Å². The molecule has 0 aliphatic carbocycles. The van der Waals surface area contributed by atoms with Crippen LogP contribution < -0.4 is 0 Å². The molecule has 2 aromatic heterocycles. The first-order valence-corrected chi connectivity index (χ1v) is 4.89. The predicted octanol–water partition coefficient (Wildman–Crippen LogP) is 2.20. The molecule has 2 heterocycles. The Labute approximate surface area is 86.7 Å². The van der Waals surface area contributed by atoms with Gasteiger partial charge in [0.2, 0.25) is 0 Å². The van der Waals surface area contributed by atoms with Gasteiger partial charge in [0, 0.05) is 0 Å². The fourth-order valence-corrected chi connectivity index (χ4v) is 1.58. The Hall–Kier alpha value is -1.16. The van der Waals surface area contributed by atoms with E-state index in [2.05, 4.69) is 34.0 Å². The lowest BCUT2D eigenvalue weighted by atomic mass is 10.1. The lowest BCUT2D eigenvalue weighted by Gasteiger charge is -2.00. The summed E-state index contributed by atoms with van der Waals surface area (Å²) in [5.41, 5.74) is 2.52. The van der Waals surface area contributed by atoms with Crippen LogP contribution in [0.25, 0.3) is 11.0 Å². The number of hydrogen-bond acceptors (Lipinski definition) is 3. The monoisotopic (exact) mass is 210 g/mol. The fourth-order valence-electron chi connectivity index (χ4n) is 1.40. The van der Waals surface area contributed by atoms with E-state index in [-0.39, 0.29) is 0 Å². The van der Waals surface area contributed by atoms with E-state index in [9.17, 15) is 0 Å². The van der Waals surface area contributed by atoms with E-state index in [0.29, 0.717) is 16.6 Å². The summed E-state index contributed by atoms with van der Waals surface area (Å²) in [5.74, 6) is 0.562. The number of aromatic amines is 1. The van der Waals surface area contributed by atoms with Crippen LogP contribution in [0.15, 0.2) is 6.33 Å². The first-order chi connectivity index (χ1) is 6.68. The summed E-state index contributed by atoms with van der Waals surface area (Å²) < 4.78 is 0. The van der Waals surface area contributed by atoms with Crippen molar-refractivity contribution in [3.63, 3.8) is 0 Å². The normalized spacial score (nSPS) is 11.4. The molecule has 0 saturated carbocycles. The molecule has 2 aromatic rings. The molecule has 0 radical (unpaired) electrons. The fraction of sp³-hybridized carbons (Fsp3) is 0.444. The van der Waals surface area contributed by atoms with E-state index >= 15 is 0 Å². The number of fused-ring (bicyclic) bond motifs is 1. The standard InChI is InChI=1S/C9H11ClN4/c1-5(2)3-6-7-8(14-13-6)9(10)12-4-11-7/h4-5H,3H2,1-2H3,(H,13,14). The molecule has 1 N–H and O–H groups in total. The average molecular weight is 211 g/mol. The largest absolute Gasteiger partial charge is 0.280 e. The van der Waals surface area contributed by atoms with E-state index in [1.807, 2.05) is 0 Å². The molecule has 0 fully saturated rings. The number of nitrogens with zero attached hydrogens (tertiary/aromatic N) is 3. The second kappa shape index (κ2) is 3.53. The smallest absolute Gasteiger partial charge is 0.160 e. The van der Waals surface area contributed by atoms with E-state index in [1.165, 1.54) is 6.33 Å². The summed E-state index contributed by atoms with van der Waals surface area (Å²) in [4.78, 5) is 8.04. The molecule has 14 heavy (non-hydrogen) atoms. The van der Waals surface area contributed by atoms with E-state index < -0.39 is 0 Å². The van der Waals surface area contributed by atoms with Gasteiger partial charge < -0.3 is 0 Å². The number of aromatic nitrogens is 4. The van der Waals surface area contributed by atoms with Crippen molar-refractivity contribution in [2.75, 3.05) is 0 Å². The van der Waals surface area contributed by atoms with Gasteiger partial charge in [0.1, 0.15) is 17.4 Å². The summed E-state index contributed by atoms with van der Waals surface area (Å²) in [6, 6.07) is 0. The maximum atomic E-state index is 5.87. The van der Waals surface area contributed by atoms with Crippen LogP contribution in [-0.4, -0.2) is 20.2 Å². The van der Waals surface area contributed by atoms with Gasteiger partial charge in [-0.1, -0.05) is 25.4 Å². The Kier molecular flexibility index (Phi) is 2.37. The van der Waals surface area contributed by atoms with Crippen LogP contribution in [0.5, 0.6) is 0 Å². The number of nitrogens with one attached hydrogen (secondary N) is 1. The maximum Gasteiger partial charge on any atom is 0.160 e. The molecule has 0 aromatic carbocycles. The van der Waals surface area contributed by atoms with Crippen LogP contribution in [0.1, 0.15) is 19.5 Å². The second-order valence-corrected chi connectivity index (χ2v) is 4.02. The summed E-state index contributed by atoms with van der Waals surface area (Å²) in [6.45, 7) is 4.30. The average Bonchev–Trinajstić information content (AvgIpc) is 2.49. The topological polar surface area (TPSA) is 54.5 Å². The van der Waals surface area contributed by atoms with Crippen LogP contribution in [0.4, 0.5) is 0 Å². The Morgan fingerprint density at radius 1 is 1.36 bits per heavy atom. The number of halogens is 1. The molecular formula is C9H11ClN4. The highest BCUT2D eigenvalue weighted by Crippen LogP contribution is 2.20. The first-order valence-electron chi connectivity index (χ1n) is 4.52.